The third-order valence-corrected chi connectivity index (χ3v) is 1.52. The van der Waals surface area contributed by atoms with Crippen molar-refractivity contribution in [3.8, 4) is 0 Å². The molecule has 1 atom stereocenters. The molecule has 0 aliphatic carbocycles. The average Bonchev–Trinajstić information content (AvgIpc) is 1.95. The number of halogens is 1. The van der Waals surface area contributed by atoms with Gasteiger partial charge in [-0.05, 0) is 41.5 Å². The summed E-state index contributed by atoms with van der Waals surface area (Å²) in [5.41, 5.74) is 4.38. The second-order valence-corrected chi connectivity index (χ2v) is 5.93. The van der Waals surface area contributed by atoms with Crippen LogP contribution >= 0.6 is 12.4 Å². The Balaban J connectivity index is 0. The number of rotatable bonds is 3. The van der Waals surface area contributed by atoms with Gasteiger partial charge in [-0.3, -0.25) is 9.59 Å². The molecule has 0 amide bonds. The summed E-state index contributed by atoms with van der Waals surface area (Å²) < 4.78 is 10.1. The van der Waals surface area contributed by atoms with Crippen LogP contribution in [0, 0.1) is 0 Å². The van der Waals surface area contributed by atoms with Crippen LogP contribution in [0.4, 0.5) is 0 Å². The first-order valence-electron chi connectivity index (χ1n) is 5.61. The molecule has 108 valence electrons. The molecule has 0 rings (SSSR count). The Morgan fingerprint density at radius 2 is 1.39 bits per heavy atom. The van der Waals surface area contributed by atoms with Gasteiger partial charge < -0.3 is 15.2 Å². The molecule has 6 heteroatoms. The van der Waals surface area contributed by atoms with Crippen LogP contribution in [0.3, 0.4) is 0 Å². The number of hydrogen-bond acceptors (Lipinski definition) is 5. The number of nitrogens with two attached hydrogens (primary N) is 1. The molecule has 0 aromatic rings. The summed E-state index contributed by atoms with van der Waals surface area (Å²) in [4.78, 5) is 22.9. The fourth-order valence-electron chi connectivity index (χ4n) is 1.02. The molecular weight excluding hydrogens is 258 g/mol. The molecule has 0 aliphatic heterocycles. The van der Waals surface area contributed by atoms with Crippen molar-refractivity contribution in [2.24, 2.45) is 5.73 Å². The van der Waals surface area contributed by atoms with Crippen molar-refractivity contribution in [3.05, 3.63) is 0 Å². The molecule has 0 aliphatic rings. The van der Waals surface area contributed by atoms with E-state index in [2.05, 4.69) is 0 Å². The van der Waals surface area contributed by atoms with E-state index in [1.807, 2.05) is 0 Å². The molecule has 18 heavy (non-hydrogen) atoms. The second-order valence-electron chi connectivity index (χ2n) is 5.93. The topological polar surface area (TPSA) is 78.6 Å². The number of hydrogen-bond donors (Lipinski definition) is 1. The van der Waals surface area contributed by atoms with Crippen molar-refractivity contribution in [3.63, 3.8) is 0 Å². The van der Waals surface area contributed by atoms with E-state index >= 15 is 0 Å². The van der Waals surface area contributed by atoms with Gasteiger partial charge in [0.25, 0.3) is 0 Å². The van der Waals surface area contributed by atoms with Crippen LogP contribution in [-0.2, 0) is 19.1 Å². The van der Waals surface area contributed by atoms with Gasteiger partial charge in [0.05, 0.1) is 6.42 Å². The first-order valence-corrected chi connectivity index (χ1v) is 5.61. The van der Waals surface area contributed by atoms with Crippen molar-refractivity contribution < 1.29 is 19.1 Å². The Labute approximate surface area is 115 Å². The molecular formula is C12H24ClNO4. The minimum Gasteiger partial charge on any atom is -0.460 e. The fourth-order valence-corrected chi connectivity index (χ4v) is 1.02. The highest BCUT2D eigenvalue weighted by molar-refractivity contribution is 5.85. The van der Waals surface area contributed by atoms with Gasteiger partial charge in [-0.1, -0.05) is 0 Å². The minimum atomic E-state index is -0.982. The van der Waals surface area contributed by atoms with Crippen LogP contribution in [0.25, 0.3) is 0 Å². The van der Waals surface area contributed by atoms with Crippen molar-refractivity contribution in [1.82, 2.24) is 0 Å². The fraction of sp³-hybridized carbons (Fsp3) is 0.833. The second kappa shape index (κ2) is 6.95. The van der Waals surface area contributed by atoms with Gasteiger partial charge in [0.2, 0.25) is 0 Å². The molecule has 0 saturated carbocycles. The van der Waals surface area contributed by atoms with Crippen LogP contribution in [-0.4, -0.2) is 29.2 Å². The van der Waals surface area contributed by atoms with E-state index in [1.54, 1.807) is 41.5 Å². The summed E-state index contributed by atoms with van der Waals surface area (Å²) in [7, 11) is 0. The molecule has 0 saturated heterocycles. The van der Waals surface area contributed by atoms with E-state index in [-0.39, 0.29) is 18.8 Å². The number of ether oxygens (including phenoxy) is 2. The lowest BCUT2D eigenvalue weighted by atomic mass is 10.1. The molecule has 2 N–H and O–H groups in total. The maximum Gasteiger partial charge on any atom is 0.324 e. The highest BCUT2D eigenvalue weighted by Crippen LogP contribution is 2.11. The van der Waals surface area contributed by atoms with E-state index in [9.17, 15) is 9.59 Å². The maximum absolute atomic E-state index is 11.5. The Morgan fingerprint density at radius 3 is 1.72 bits per heavy atom. The third-order valence-electron chi connectivity index (χ3n) is 1.52. The van der Waals surface area contributed by atoms with Gasteiger partial charge in [0.1, 0.15) is 17.2 Å². The zero-order chi connectivity index (χ0) is 13.9. The van der Waals surface area contributed by atoms with Gasteiger partial charge in [-0.2, -0.15) is 0 Å². The molecule has 0 heterocycles. The Kier molecular flexibility index (Phi) is 7.54. The summed E-state index contributed by atoms with van der Waals surface area (Å²) >= 11 is 0. The monoisotopic (exact) mass is 281 g/mol. The molecule has 0 aromatic heterocycles. The zero-order valence-corrected chi connectivity index (χ0v) is 12.7. The standard InChI is InChI=1S/C12H23NO4.ClH/c1-11(2,3)16-9(14)7-8(13)10(15)17-12(4,5)6;/h8H,7,13H2,1-6H3;1H/t8-;/m0./s1. The van der Waals surface area contributed by atoms with Crippen molar-refractivity contribution in [1.29, 1.82) is 0 Å². The lowest BCUT2D eigenvalue weighted by Gasteiger charge is -2.23. The number of carbonyl (C=O) groups excluding carboxylic acids is 2. The first-order chi connectivity index (χ1) is 7.41. The van der Waals surface area contributed by atoms with Crippen LogP contribution in [0.15, 0.2) is 0 Å². The van der Waals surface area contributed by atoms with E-state index in [0.717, 1.165) is 0 Å². The largest absolute Gasteiger partial charge is 0.460 e. The highest BCUT2D eigenvalue weighted by atomic mass is 35.5. The minimum absolute atomic E-state index is 0. The van der Waals surface area contributed by atoms with E-state index in [4.69, 9.17) is 15.2 Å². The predicted molar refractivity (Wildman–Crippen MR) is 71.5 cm³/mol. The summed E-state index contributed by atoms with van der Waals surface area (Å²) in [6.07, 6.45) is -0.174. The van der Waals surface area contributed by atoms with Crippen molar-refractivity contribution in [2.75, 3.05) is 0 Å². The Morgan fingerprint density at radius 1 is 1.00 bits per heavy atom. The molecule has 0 aromatic carbocycles. The lowest BCUT2D eigenvalue weighted by Crippen LogP contribution is -2.40. The number of esters is 2. The Bertz CT molecular complexity index is 291. The van der Waals surface area contributed by atoms with E-state index in [1.165, 1.54) is 0 Å². The summed E-state index contributed by atoms with van der Waals surface area (Å²) in [6.45, 7) is 10.5. The van der Waals surface area contributed by atoms with Gasteiger partial charge in [-0.25, -0.2) is 0 Å². The smallest absolute Gasteiger partial charge is 0.324 e. The highest BCUT2D eigenvalue weighted by Gasteiger charge is 2.26. The van der Waals surface area contributed by atoms with Crippen LogP contribution in [0.1, 0.15) is 48.0 Å². The Hall–Kier alpha value is -0.810. The predicted octanol–water partition coefficient (Wildman–Crippen LogP) is 1.81. The van der Waals surface area contributed by atoms with Crippen molar-refractivity contribution in [2.45, 2.75) is 65.2 Å². The summed E-state index contributed by atoms with van der Waals surface area (Å²) in [5, 5.41) is 0. The van der Waals surface area contributed by atoms with Gasteiger partial charge in [0, 0.05) is 0 Å². The van der Waals surface area contributed by atoms with Gasteiger partial charge >= 0.3 is 11.9 Å². The third kappa shape index (κ3) is 10.4. The van der Waals surface area contributed by atoms with Crippen LogP contribution in [0.2, 0.25) is 0 Å². The normalized spacial score (nSPS) is 13.3. The van der Waals surface area contributed by atoms with Crippen LogP contribution in [0.5, 0.6) is 0 Å². The van der Waals surface area contributed by atoms with E-state index < -0.39 is 29.2 Å². The quantitative estimate of drug-likeness (QED) is 0.798. The van der Waals surface area contributed by atoms with Crippen LogP contribution < -0.4 is 5.73 Å². The summed E-state index contributed by atoms with van der Waals surface area (Å²) in [5.74, 6) is -1.10. The lowest BCUT2D eigenvalue weighted by molar-refractivity contribution is -0.163. The van der Waals surface area contributed by atoms with Gasteiger partial charge in [0.15, 0.2) is 0 Å². The van der Waals surface area contributed by atoms with E-state index in [0.29, 0.717) is 0 Å². The molecule has 0 radical (unpaired) electrons. The SMILES string of the molecule is CC(C)(C)OC(=O)C[C@H](N)C(=O)OC(C)(C)C.Cl. The van der Waals surface area contributed by atoms with Crippen molar-refractivity contribution >= 4 is 24.3 Å². The first kappa shape index (κ1) is 19.5. The van der Waals surface area contributed by atoms with Gasteiger partial charge in [-0.15, -0.1) is 12.4 Å². The summed E-state index contributed by atoms with van der Waals surface area (Å²) in [6, 6.07) is -0.982. The zero-order valence-electron chi connectivity index (χ0n) is 11.9. The molecule has 0 bridgehead atoms. The number of carbonyl (C=O) groups is 2. The molecule has 0 unspecified atom stereocenters. The maximum atomic E-state index is 11.5. The molecule has 0 spiro atoms. The average molecular weight is 282 g/mol. The molecule has 5 nitrogen and oxygen atoms in total. The molecule has 0 fully saturated rings.